The molecule has 7 heteroatoms. The van der Waals surface area contributed by atoms with Gasteiger partial charge in [-0.1, -0.05) is 34.8 Å². The maximum Gasteiger partial charge on any atom is 0.250 e. The monoisotopic (exact) mass is 294 g/mol. The van der Waals surface area contributed by atoms with Crippen molar-refractivity contribution in [2.45, 2.75) is 5.12 Å². The average Bonchev–Trinajstić information content (AvgIpc) is 2.56. The van der Waals surface area contributed by atoms with E-state index in [1.807, 2.05) is 0 Å². The summed E-state index contributed by atoms with van der Waals surface area (Å²) in [7, 11) is 0. The highest BCUT2D eigenvalue weighted by atomic mass is 35.5. The van der Waals surface area contributed by atoms with Crippen molar-refractivity contribution in [2.75, 3.05) is 19.8 Å². The fourth-order valence-corrected chi connectivity index (χ4v) is 2.24. The highest BCUT2D eigenvalue weighted by Gasteiger charge is 2.29. The Morgan fingerprint density at radius 1 is 1.29 bits per heavy atom. The maximum absolute atomic E-state index is 8.61. The zero-order valence-electron chi connectivity index (χ0n) is 8.66. The topological polar surface area (TPSA) is 54.2 Å². The molecule has 1 aromatic rings. The first-order valence-corrected chi connectivity index (χ1v) is 6.00. The molecular weight excluding hydrogens is 286 g/mol. The first-order chi connectivity index (χ1) is 8.04. The van der Waals surface area contributed by atoms with E-state index in [1.54, 1.807) is 12.1 Å². The summed E-state index contributed by atoms with van der Waals surface area (Å²) in [6.07, 6.45) is 0. The van der Waals surface area contributed by atoms with Crippen LogP contribution in [0.2, 0.25) is 10.0 Å². The molecular formula is C10H9Cl3N2O2. The fraction of sp³-hybridized carbons (Fsp3) is 0.400. The third kappa shape index (κ3) is 2.89. The van der Waals surface area contributed by atoms with Crippen molar-refractivity contribution >= 4 is 34.8 Å². The standard InChI is InChI=1S/C10H9Cl3N2O2/c11-6-3-7(12)9-8(4-6)14-10(13,15-9)5-17-2-1-16/h3-4,16H,1-2,5H2. The van der Waals surface area contributed by atoms with Crippen LogP contribution in [0.15, 0.2) is 22.1 Å². The lowest BCUT2D eigenvalue weighted by molar-refractivity contribution is 0.0775. The van der Waals surface area contributed by atoms with Gasteiger partial charge in [-0.3, -0.25) is 0 Å². The van der Waals surface area contributed by atoms with Crippen molar-refractivity contribution in [3.05, 3.63) is 32.9 Å². The Kier molecular flexibility index (Phi) is 3.90. The number of rotatable bonds is 4. The van der Waals surface area contributed by atoms with Crippen molar-refractivity contribution in [3.63, 3.8) is 0 Å². The van der Waals surface area contributed by atoms with Gasteiger partial charge in [0, 0.05) is 5.02 Å². The van der Waals surface area contributed by atoms with Crippen LogP contribution in [0.1, 0.15) is 0 Å². The Morgan fingerprint density at radius 3 is 2.76 bits per heavy atom. The van der Waals surface area contributed by atoms with Gasteiger partial charge in [0.25, 0.3) is 5.12 Å². The molecule has 1 aliphatic rings. The zero-order chi connectivity index (χ0) is 12.5. The second kappa shape index (κ2) is 5.08. The molecule has 0 aliphatic carbocycles. The molecule has 0 saturated carbocycles. The van der Waals surface area contributed by atoms with E-state index in [9.17, 15) is 0 Å². The number of ether oxygens (including phenoxy) is 1. The quantitative estimate of drug-likeness (QED) is 0.515. The van der Waals surface area contributed by atoms with Crippen LogP contribution in [0.5, 0.6) is 0 Å². The lowest BCUT2D eigenvalue weighted by atomic mass is 10.3. The Balaban J connectivity index is 2.32. The fourth-order valence-electron chi connectivity index (χ4n) is 1.46. The molecule has 0 bridgehead atoms. The second-order valence-corrected chi connectivity index (χ2v) is 4.92. The summed E-state index contributed by atoms with van der Waals surface area (Å²) in [6.45, 7) is 0.175. The minimum absolute atomic E-state index is 0.0672. The number of hydrogen-bond acceptors (Lipinski definition) is 4. The summed E-state index contributed by atoms with van der Waals surface area (Å²) in [6, 6.07) is 3.22. The molecule has 0 spiro atoms. The molecule has 1 atom stereocenters. The predicted octanol–water partition coefficient (Wildman–Crippen LogP) is 1.15. The van der Waals surface area contributed by atoms with Gasteiger partial charge < -0.3 is 9.84 Å². The third-order valence-electron chi connectivity index (χ3n) is 2.10. The van der Waals surface area contributed by atoms with Crippen LogP contribution in [0.4, 0.5) is 0 Å². The molecule has 1 heterocycles. The smallest absolute Gasteiger partial charge is 0.250 e. The highest BCUT2D eigenvalue weighted by molar-refractivity contribution is 6.34. The molecule has 1 N–H and O–H groups in total. The SMILES string of the molecule is OCCOCC1(Cl)N=c2cc(Cl)cc(Cl)c2=N1. The molecule has 4 nitrogen and oxygen atoms in total. The molecule has 0 saturated heterocycles. The molecule has 0 radical (unpaired) electrons. The van der Waals surface area contributed by atoms with E-state index in [4.69, 9.17) is 44.6 Å². The number of halogens is 3. The van der Waals surface area contributed by atoms with Crippen molar-refractivity contribution in [2.24, 2.45) is 9.98 Å². The Labute approximate surface area is 112 Å². The highest BCUT2D eigenvalue weighted by Crippen LogP contribution is 2.21. The van der Waals surface area contributed by atoms with Crippen LogP contribution in [0.3, 0.4) is 0 Å². The molecule has 92 valence electrons. The summed E-state index contributed by atoms with van der Waals surface area (Å²) < 4.78 is 5.13. The van der Waals surface area contributed by atoms with Crippen molar-refractivity contribution in [1.29, 1.82) is 0 Å². The van der Waals surface area contributed by atoms with E-state index < -0.39 is 5.12 Å². The van der Waals surface area contributed by atoms with Gasteiger partial charge in [0.2, 0.25) is 0 Å². The first kappa shape index (κ1) is 13.1. The van der Waals surface area contributed by atoms with Crippen LogP contribution in [-0.2, 0) is 4.74 Å². The van der Waals surface area contributed by atoms with E-state index in [0.717, 1.165) is 0 Å². The Morgan fingerprint density at radius 2 is 2.06 bits per heavy atom. The van der Waals surface area contributed by atoms with E-state index >= 15 is 0 Å². The molecule has 0 amide bonds. The van der Waals surface area contributed by atoms with E-state index in [0.29, 0.717) is 20.8 Å². The van der Waals surface area contributed by atoms with E-state index in [2.05, 4.69) is 9.98 Å². The normalized spacial score (nSPS) is 21.9. The van der Waals surface area contributed by atoms with E-state index in [-0.39, 0.29) is 19.8 Å². The minimum Gasteiger partial charge on any atom is -0.394 e. The van der Waals surface area contributed by atoms with Gasteiger partial charge in [0.1, 0.15) is 12.0 Å². The largest absolute Gasteiger partial charge is 0.394 e. The van der Waals surface area contributed by atoms with Crippen LogP contribution in [0, 0.1) is 0 Å². The molecule has 1 aliphatic heterocycles. The summed E-state index contributed by atoms with van der Waals surface area (Å²) in [5.74, 6) is 0. The van der Waals surface area contributed by atoms with Gasteiger partial charge in [-0.15, -0.1) is 0 Å². The van der Waals surface area contributed by atoms with Crippen LogP contribution in [-0.4, -0.2) is 30.0 Å². The Bertz CT molecular complexity index is 549. The first-order valence-electron chi connectivity index (χ1n) is 4.86. The maximum atomic E-state index is 8.61. The summed E-state index contributed by atoms with van der Waals surface area (Å²) in [4.78, 5) is 8.40. The summed E-state index contributed by atoms with van der Waals surface area (Å²) >= 11 is 18.0. The lowest BCUT2D eigenvalue weighted by Crippen LogP contribution is -2.23. The number of fused-ring (bicyclic) bond motifs is 1. The van der Waals surface area contributed by atoms with Crippen LogP contribution in [0.25, 0.3) is 0 Å². The van der Waals surface area contributed by atoms with Gasteiger partial charge in [-0.25, -0.2) is 9.98 Å². The van der Waals surface area contributed by atoms with Crippen LogP contribution >= 0.6 is 34.8 Å². The molecule has 0 aromatic heterocycles. The number of nitrogens with zero attached hydrogens (tertiary/aromatic N) is 2. The molecule has 2 rings (SSSR count). The van der Waals surface area contributed by atoms with Gasteiger partial charge in [-0.05, 0) is 12.1 Å². The Hall–Kier alpha value is -0.390. The lowest BCUT2D eigenvalue weighted by Gasteiger charge is -2.13. The second-order valence-electron chi connectivity index (χ2n) is 3.47. The van der Waals surface area contributed by atoms with Crippen LogP contribution < -0.4 is 10.7 Å². The average molecular weight is 296 g/mol. The van der Waals surface area contributed by atoms with Gasteiger partial charge in [-0.2, -0.15) is 0 Å². The number of benzene rings is 1. The number of hydrogen-bond donors (Lipinski definition) is 1. The van der Waals surface area contributed by atoms with Crippen molar-refractivity contribution in [1.82, 2.24) is 0 Å². The number of aliphatic hydroxyl groups excluding tert-OH is 1. The zero-order valence-corrected chi connectivity index (χ0v) is 10.9. The van der Waals surface area contributed by atoms with E-state index in [1.165, 1.54) is 0 Å². The summed E-state index contributed by atoms with van der Waals surface area (Å²) in [5.41, 5.74) is 0. The van der Waals surface area contributed by atoms with Gasteiger partial charge in [0.05, 0.1) is 23.6 Å². The molecule has 0 fully saturated rings. The third-order valence-corrected chi connectivity index (χ3v) is 2.89. The van der Waals surface area contributed by atoms with Gasteiger partial charge in [0.15, 0.2) is 0 Å². The predicted molar refractivity (Wildman–Crippen MR) is 65.3 cm³/mol. The minimum atomic E-state index is -1.22. The van der Waals surface area contributed by atoms with Crippen molar-refractivity contribution in [3.8, 4) is 0 Å². The summed E-state index contributed by atoms with van der Waals surface area (Å²) in [5, 5.41) is 9.33. The number of aliphatic hydroxyl groups is 1. The molecule has 1 unspecified atom stereocenters. The molecule has 17 heavy (non-hydrogen) atoms. The number of alkyl halides is 1. The molecule has 1 aromatic carbocycles. The van der Waals surface area contributed by atoms with Crippen molar-refractivity contribution < 1.29 is 9.84 Å². The van der Waals surface area contributed by atoms with Gasteiger partial charge >= 0.3 is 0 Å².